The van der Waals surface area contributed by atoms with Crippen LogP contribution in [0.4, 0.5) is 0 Å². The zero-order valence-corrected chi connectivity index (χ0v) is 10.5. The maximum absolute atomic E-state index is 10.9. The van der Waals surface area contributed by atoms with Crippen LogP contribution in [0.25, 0.3) is 0 Å². The minimum absolute atomic E-state index is 0.0741. The predicted molar refractivity (Wildman–Crippen MR) is 60.9 cm³/mol. The van der Waals surface area contributed by atoms with Crippen LogP contribution >= 0.6 is 0 Å². The molecule has 0 aliphatic carbocycles. The first-order chi connectivity index (χ1) is 6.21. The Balaban J connectivity index is 4.10. The molecule has 0 bridgehead atoms. The third-order valence-corrected chi connectivity index (χ3v) is 4.15. The molecule has 0 amide bonds. The highest BCUT2D eigenvalue weighted by Gasteiger charge is 2.26. The number of rotatable bonds is 6. The molecule has 0 fully saturated rings. The van der Waals surface area contributed by atoms with Gasteiger partial charge in [0.2, 0.25) is 0 Å². The smallest absolute Gasteiger partial charge is 0.147 e. The second-order valence-corrected chi connectivity index (χ2v) is 7.01. The van der Waals surface area contributed by atoms with Crippen molar-refractivity contribution in [3.63, 3.8) is 0 Å². The summed E-state index contributed by atoms with van der Waals surface area (Å²) in [5, 5.41) is 0. The minimum Gasteiger partial charge on any atom is -0.330 e. The Morgan fingerprint density at radius 3 is 2.14 bits per heavy atom. The van der Waals surface area contributed by atoms with Crippen LogP contribution in [0.1, 0.15) is 33.6 Å². The van der Waals surface area contributed by atoms with E-state index in [1.54, 1.807) is 0 Å². The third-order valence-electron chi connectivity index (χ3n) is 3.12. The van der Waals surface area contributed by atoms with Gasteiger partial charge in [0, 0.05) is 12.0 Å². The van der Waals surface area contributed by atoms with Crippen LogP contribution in [0.5, 0.6) is 0 Å². The summed E-state index contributed by atoms with van der Waals surface area (Å²) in [4.78, 5) is 0. The Labute approximate surface area is 88.0 Å². The standard InChI is InChI=1S/C10H23NO2S/c1-9(2)10(3,8-11)6-5-7-14(4,12)13/h9H,5-8,11H2,1-4H3. The monoisotopic (exact) mass is 221 g/mol. The van der Waals surface area contributed by atoms with Gasteiger partial charge < -0.3 is 5.73 Å². The molecule has 14 heavy (non-hydrogen) atoms. The van der Waals surface area contributed by atoms with Crippen LogP contribution in [0.2, 0.25) is 0 Å². The zero-order chi connectivity index (χ0) is 11.4. The molecule has 4 heteroatoms. The van der Waals surface area contributed by atoms with Crippen LogP contribution < -0.4 is 5.73 Å². The summed E-state index contributed by atoms with van der Waals surface area (Å²) < 4.78 is 21.9. The van der Waals surface area contributed by atoms with Gasteiger partial charge in [-0.15, -0.1) is 0 Å². The van der Waals surface area contributed by atoms with Gasteiger partial charge in [-0.1, -0.05) is 20.8 Å². The van der Waals surface area contributed by atoms with E-state index in [9.17, 15) is 8.42 Å². The fourth-order valence-electron chi connectivity index (χ4n) is 1.36. The maximum Gasteiger partial charge on any atom is 0.147 e. The summed E-state index contributed by atoms with van der Waals surface area (Å²) in [5.74, 6) is 0.766. The Morgan fingerprint density at radius 1 is 1.36 bits per heavy atom. The molecule has 0 heterocycles. The van der Waals surface area contributed by atoms with Gasteiger partial charge in [-0.2, -0.15) is 0 Å². The maximum atomic E-state index is 10.9. The van der Waals surface area contributed by atoms with Gasteiger partial charge >= 0.3 is 0 Å². The molecular weight excluding hydrogens is 198 g/mol. The summed E-state index contributed by atoms with van der Waals surface area (Å²) >= 11 is 0. The lowest BCUT2D eigenvalue weighted by Crippen LogP contribution is -2.33. The number of hydrogen-bond acceptors (Lipinski definition) is 3. The van der Waals surface area contributed by atoms with Crippen molar-refractivity contribution in [3.8, 4) is 0 Å². The highest BCUT2D eigenvalue weighted by molar-refractivity contribution is 7.90. The molecule has 0 aromatic heterocycles. The molecule has 0 spiro atoms. The van der Waals surface area contributed by atoms with Crippen molar-refractivity contribution >= 4 is 9.84 Å². The van der Waals surface area contributed by atoms with E-state index in [0.29, 0.717) is 18.9 Å². The van der Waals surface area contributed by atoms with E-state index in [-0.39, 0.29) is 11.2 Å². The van der Waals surface area contributed by atoms with E-state index in [1.807, 2.05) is 0 Å². The first kappa shape index (κ1) is 13.9. The van der Waals surface area contributed by atoms with Crippen molar-refractivity contribution in [1.82, 2.24) is 0 Å². The molecule has 0 aliphatic rings. The SMILES string of the molecule is CC(C)C(C)(CN)CCCS(C)(=O)=O. The summed E-state index contributed by atoms with van der Waals surface area (Å²) in [6.45, 7) is 7.01. The van der Waals surface area contributed by atoms with Crippen molar-refractivity contribution in [1.29, 1.82) is 0 Å². The lowest BCUT2D eigenvalue weighted by atomic mass is 9.76. The van der Waals surface area contributed by atoms with Crippen molar-refractivity contribution in [2.75, 3.05) is 18.6 Å². The normalized spacial score (nSPS) is 17.0. The molecular formula is C10H23NO2S. The highest BCUT2D eigenvalue weighted by Crippen LogP contribution is 2.30. The molecule has 0 saturated heterocycles. The van der Waals surface area contributed by atoms with Gasteiger partial charge in [0.05, 0.1) is 0 Å². The van der Waals surface area contributed by atoms with Gasteiger partial charge in [-0.25, -0.2) is 8.42 Å². The van der Waals surface area contributed by atoms with E-state index >= 15 is 0 Å². The predicted octanol–water partition coefficient (Wildman–Crippen LogP) is 1.43. The van der Waals surface area contributed by atoms with Crippen LogP contribution in [0, 0.1) is 11.3 Å². The first-order valence-corrected chi connectivity index (χ1v) is 7.15. The third kappa shape index (κ3) is 4.96. The van der Waals surface area contributed by atoms with Gasteiger partial charge in [0.15, 0.2) is 0 Å². The van der Waals surface area contributed by atoms with Gasteiger partial charge in [-0.3, -0.25) is 0 Å². The van der Waals surface area contributed by atoms with Crippen LogP contribution in [0.3, 0.4) is 0 Å². The fourth-order valence-corrected chi connectivity index (χ4v) is 2.03. The van der Waals surface area contributed by atoms with Crippen molar-refractivity contribution in [3.05, 3.63) is 0 Å². The lowest BCUT2D eigenvalue weighted by Gasteiger charge is -2.32. The quantitative estimate of drug-likeness (QED) is 0.738. The van der Waals surface area contributed by atoms with E-state index in [4.69, 9.17) is 5.73 Å². The molecule has 1 unspecified atom stereocenters. The summed E-state index contributed by atoms with van der Waals surface area (Å²) in [5.41, 5.74) is 5.78. The fraction of sp³-hybridized carbons (Fsp3) is 1.00. The van der Waals surface area contributed by atoms with Gasteiger partial charge in [0.25, 0.3) is 0 Å². The molecule has 2 N–H and O–H groups in total. The van der Waals surface area contributed by atoms with Gasteiger partial charge in [0.1, 0.15) is 9.84 Å². The van der Waals surface area contributed by atoms with Crippen molar-refractivity contribution < 1.29 is 8.42 Å². The zero-order valence-electron chi connectivity index (χ0n) is 9.71. The first-order valence-electron chi connectivity index (χ1n) is 5.09. The van der Waals surface area contributed by atoms with E-state index in [0.717, 1.165) is 6.42 Å². The molecule has 0 saturated carbocycles. The van der Waals surface area contributed by atoms with Crippen LogP contribution in [-0.4, -0.2) is 27.0 Å². The topological polar surface area (TPSA) is 60.2 Å². The van der Waals surface area contributed by atoms with Gasteiger partial charge in [-0.05, 0) is 30.7 Å². The largest absolute Gasteiger partial charge is 0.330 e. The molecule has 0 aromatic carbocycles. The van der Waals surface area contributed by atoms with Crippen molar-refractivity contribution in [2.24, 2.45) is 17.1 Å². The van der Waals surface area contributed by atoms with E-state index in [2.05, 4.69) is 20.8 Å². The average Bonchev–Trinajstić information content (AvgIpc) is 2.01. The molecule has 0 aliphatic heterocycles. The summed E-state index contributed by atoms with van der Waals surface area (Å²) in [7, 11) is -2.82. The molecule has 0 radical (unpaired) electrons. The Morgan fingerprint density at radius 2 is 1.86 bits per heavy atom. The summed E-state index contributed by atoms with van der Waals surface area (Å²) in [6.07, 6.45) is 2.88. The van der Waals surface area contributed by atoms with Crippen molar-refractivity contribution in [2.45, 2.75) is 33.6 Å². The molecule has 0 rings (SSSR count). The molecule has 86 valence electrons. The average molecular weight is 221 g/mol. The Kier molecular flexibility index (Phi) is 5.09. The second kappa shape index (κ2) is 5.12. The molecule has 1 atom stereocenters. The highest BCUT2D eigenvalue weighted by atomic mass is 32.2. The van der Waals surface area contributed by atoms with E-state index < -0.39 is 9.84 Å². The molecule has 0 aromatic rings. The summed E-state index contributed by atoms with van der Waals surface area (Å²) in [6, 6.07) is 0. The minimum atomic E-state index is -2.82. The van der Waals surface area contributed by atoms with Crippen LogP contribution in [0.15, 0.2) is 0 Å². The number of hydrogen-bond donors (Lipinski definition) is 1. The number of sulfone groups is 1. The second-order valence-electron chi connectivity index (χ2n) is 4.75. The van der Waals surface area contributed by atoms with Crippen LogP contribution in [-0.2, 0) is 9.84 Å². The Bertz CT molecular complexity index is 259. The Hall–Kier alpha value is -0.0900. The lowest BCUT2D eigenvalue weighted by molar-refractivity contribution is 0.208. The number of nitrogens with two attached hydrogens (primary N) is 1. The molecule has 3 nitrogen and oxygen atoms in total. The van der Waals surface area contributed by atoms with E-state index in [1.165, 1.54) is 6.26 Å².